The van der Waals surface area contributed by atoms with Crippen LogP contribution in [-0.2, 0) is 12.6 Å². The van der Waals surface area contributed by atoms with E-state index in [-0.39, 0.29) is 23.2 Å². The number of anilines is 1. The van der Waals surface area contributed by atoms with E-state index in [0.717, 1.165) is 12.1 Å². The number of para-hydroxylation sites is 1. The molecule has 7 heteroatoms. The molecule has 4 nitrogen and oxygen atoms in total. The van der Waals surface area contributed by atoms with Gasteiger partial charge in [-0.05, 0) is 35.9 Å². The highest BCUT2D eigenvalue weighted by Gasteiger charge is 2.30. The highest BCUT2D eigenvalue weighted by atomic mass is 19.4. The van der Waals surface area contributed by atoms with E-state index in [9.17, 15) is 22.8 Å². The molecule has 0 bridgehead atoms. The smallest absolute Gasteiger partial charge is 0.321 e. The van der Waals surface area contributed by atoms with Crippen LogP contribution < -0.4 is 5.32 Å². The maximum Gasteiger partial charge on any atom is 0.416 e. The van der Waals surface area contributed by atoms with Crippen LogP contribution in [0, 0.1) is 0 Å². The largest absolute Gasteiger partial charge is 0.416 e. The Morgan fingerprint density at radius 2 is 1.75 bits per heavy atom. The number of benzene rings is 2. The lowest BCUT2D eigenvalue weighted by Gasteiger charge is -2.11. The van der Waals surface area contributed by atoms with Crippen LogP contribution in [0.25, 0.3) is 0 Å². The van der Waals surface area contributed by atoms with Gasteiger partial charge < -0.3 is 5.32 Å². The summed E-state index contributed by atoms with van der Waals surface area (Å²) in [5.41, 5.74) is 0.261. The minimum atomic E-state index is -4.48. The molecule has 0 fully saturated rings. The summed E-state index contributed by atoms with van der Waals surface area (Å²) in [5.74, 6) is -0.839. The fourth-order valence-electron chi connectivity index (χ4n) is 2.67. The number of carbonyl (C=O) groups is 2. The zero-order valence-corrected chi connectivity index (χ0v) is 14.5. The molecule has 142 valence electrons. The first-order chi connectivity index (χ1) is 13.3. The summed E-state index contributed by atoms with van der Waals surface area (Å²) < 4.78 is 38.6. The average Bonchev–Trinajstić information content (AvgIpc) is 2.68. The van der Waals surface area contributed by atoms with Crippen molar-refractivity contribution >= 4 is 17.4 Å². The molecule has 0 spiro atoms. The van der Waals surface area contributed by atoms with Gasteiger partial charge in [0.25, 0.3) is 5.91 Å². The normalized spacial score (nSPS) is 11.1. The van der Waals surface area contributed by atoms with Crippen molar-refractivity contribution in [2.24, 2.45) is 0 Å². The van der Waals surface area contributed by atoms with Crippen molar-refractivity contribution in [2.75, 3.05) is 5.32 Å². The first kappa shape index (κ1) is 19.3. The van der Waals surface area contributed by atoms with Crippen LogP contribution in [0.15, 0.2) is 73.1 Å². The molecular formula is C21H15F3N2O2. The lowest BCUT2D eigenvalue weighted by molar-refractivity contribution is -0.137. The number of ketones is 1. The van der Waals surface area contributed by atoms with Crippen LogP contribution in [0.2, 0.25) is 0 Å². The molecule has 3 rings (SSSR count). The quantitative estimate of drug-likeness (QED) is 0.644. The highest BCUT2D eigenvalue weighted by Crippen LogP contribution is 2.30. The van der Waals surface area contributed by atoms with Crippen molar-refractivity contribution < 1.29 is 22.8 Å². The number of nitrogens with one attached hydrogen (secondary N) is 1. The number of halogens is 3. The van der Waals surface area contributed by atoms with Crippen LogP contribution in [-0.4, -0.2) is 16.7 Å². The first-order valence-corrected chi connectivity index (χ1v) is 8.34. The lowest BCUT2D eigenvalue weighted by atomic mass is 10.00. The van der Waals surface area contributed by atoms with Crippen molar-refractivity contribution in [3.63, 3.8) is 0 Å². The Labute approximate surface area is 159 Å². The second kappa shape index (κ2) is 8.04. The Morgan fingerprint density at radius 1 is 0.964 bits per heavy atom. The Balaban J connectivity index is 1.81. The van der Waals surface area contributed by atoms with Crippen molar-refractivity contribution in [3.05, 3.63) is 95.3 Å². The van der Waals surface area contributed by atoms with E-state index in [1.165, 1.54) is 30.6 Å². The zero-order valence-electron chi connectivity index (χ0n) is 14.5. The number of pyridine rings is 1. The summed E-state index contributed by atoms with van der Waals surface area (Å²) in [6.07, 6.45) is -1.77. The minimum absolute atomic E-state index is 0.219. The molecule has 1 aromatic heterocycles. The molecular weight excluding hydrogens is 369 g/mol. The molecule has 0 unspecified atom stereocenters. The van der Waals surface area contributed by atoms with E-state index in [0.29, 0.717) is 5.56 Å². The van der Waals surface area contributed by atoms with Gasteiger partial charge in [-0.2, -0.15) is 13.2 Å². The topological polar surface area (TPSA) is 59.1 Å². The van der Waals surface area contributed by atoms with Crippen molar-refractivity contribution in [3.8, 4) is 0 Å². The van der Waals surface area contributed by atoms with E-state index in [1.807, 2.05) is 0 Å². The number of Topliss-reactive ketones (excluding diaryl/α,β-unsaturated/α-hetero) is 1. The molecule has 1 amide bonds. The lowest BCUT2D eigenvalue weighted by Crippen LogP contribution is -2.16. The SMILES string of the molecule is O=C(Nc1ccccc1C(=O)Cc1cccc(C(F)(F)F)c1)c1cccnc1. The van der Waals surface area contributed by atoms with Crippen LogP contribution in [0.4, 0.5) is 18.9 Å². The number of carbonyl (C=O) groups excluding carboxylic acids is 2. The van der Waals surface area contributed by atoms with Crippen LogP contribution >= 0.6 is 0 Å². The van der Waals surface area contributed by atoms with E-state index in [2.05, 4.69) is 10.3 Å². The van der Waals surface area contributed by atoms with Crippen molar-refractivity contribution in [2.45, 2.75) is 12.6 Å². The van der Waals surface area contributed by atoms with Crippen molar-refractivity contribution in [1.29, 1.82) is 0 Å². The van der Waals surface area contributed by atoms with Crippen LogP contribution in [0.5, 0.6) is 0 Å². The third-order valence-electron chi connectivity index (χ3n) is 4.02. The first-order valence-electron chi connectivity index (χ1n) is 8.34. The Hall–Kier alpha value is -3.48. The number of rotatable bonds is 5. The molecule has 0 radical (unpaired) electrons. The van der Waals surface area contributed by atoms with Gasteiger partial charge in [0.05, 0.1) is 16.8 Å². The number of hydrogen-bond acceptors (Lipinski definition) is 3. The summed E-state index contributed by atoms with van der Waals surface area (Å²) in [6.45, 7) is 0. The van der Waals surface area contributed by atoms with Gasteiger partial charge in [-0.3, -0.25) is 14.6 Å². The molecule has 1 heterocycles. The van der Waals surface area contributed by atoms with Gasteiger partial charge >= 0.3 is 6.18 Å². The molecule has 3 aromatic rings. The number of alkyl halides is 3. The van der Waals surface area contributed by atoms with E-state index in [4.69, 9.17) is 0 Å². The standard InChI is InChI=1S/C21H15F3N2O2/c22-21(23,24)16-7-3-5-14(11-16)12-19(27)17-8-1-2-9-18(17)26-20(28)15-6-4-10-25-13-15/h1-11,13H,12H2,(H,26,28). The monoisotopic (exact) mass is 384 g/mol. The predicted octanol–water partition coefficient (Wildman–Crippen LogP) is 4.78. The second-order valence-corrected chi connectivity index (χ2v) is 6.04. The minimum Gasteiger partial charge on any atom is -0.321 e. The molecule has 0 aliphatic rings. The summed E-state index contributed by atoms with van der Waals surface area (Å²) in [6, 6.07) is 14.2. The number of aromatic nitrogens is 1. The Bertz CT molecular complexity index is 1000. The molecule has 1 N–H and O–H groups in total. The van der Waals surface area contributed by atoms with E-state index >= 15 is 0 Å². The van der Waals surface area contributed by atoms with Crippen molar-refractivity contribution in [1.82, 2.24) is 4.98 Å². The summed E-state index contributed by atoms with van der Waals surface area (Å²) in [4.78, 5) is 28.9. The number of amides is 1. The highest BCUT2D eigenvalue weighted by molar-refractivity contribution is 6.09. The predicted molar refractivity (Wildman–Crippen MR) is 98.1 cm³/mol. The zero-order chi connectivity index (χ0) is 20.1. The fraction of sp³-hybridized carbons (Fsp3) is 0.0952. The average molecular weight is 384 g/mol. The molecule has 0 atom stereocenters. The number of nitrogens with zero attached hydrogens (tertiary/aromatic N) is 1. The summed E-state index contributed by atoms with van der Waals surface area (Å²) in [7, 11) is 0. The Kier molecular flexibility index (Phi) is 5.54. The molecule has 0 aliphatic heterocycles. The summed E-state index contributed by atoms with van der Waals surface area (Å²) in [5, 5.41) is 2.65. The number of hydrogen-bond donors (Lipinski definition) is 1. The molecule has 2 aromatic carbocycles. The van der Waals surface area contributed by atoms with Gasteiger partial charge in [0, 0.05) is 24.4 Å². The van der Waals surface area contributed by atoms with Gasteiger partial charge in [-0.1, -0.05) is 30.3 Å². The second-order valence-electron chi connectivity index (χ2n) is 6.04. The molecule has 28 heavy (non-hydrogen) atoms. The van der Waals surface area contributed by atoms with Gasteiger partial charge in [0.1, 0.15) is 0 Å². The van der Waals surface area contributed by atoms with Gasteiger partial charge in [0.2, 0.25) is 0 Å². The summed E-state index contributed by atoms with van der Waals surface area (Å²) >= 11 is 0. The maximum absolute atomic E-state index is 12.9. The Morgan fingerprint density at radius 3 is 2.46 bits per heavy atom. The van der Waals surface area contributed by atoms with E-state index < -0.39 is 23.4 Å². The third-order valence-corrected chi connectivity index (χ3v) is 4.02. The molecule has 0 saturated carbocycles. The fourth-order valence-corrected chi connectivity index (χ4v) is 2.67. The third kappa shape index (κ3) is 4.62. The maximum atomic E-state index is 12.9. The van der Waals surface area contributed by atoms with E-state index in [1.54, 1.807) is 30.3 Å². The molecule has 0 saturated heterocycles. The van der Waals surface area contributed by atoms with Gasteiger partial charge in [-0.15, -0.1) is 0 Å². The van der Waals surface area contributed by atoms with Crippen LogP contribution in [0.3, 0.4) is 0 Å². The van der Waals surface area contributed by atoms with Gasteiger partial charge in [-0.25, -0.2) is 0 Å². The molecule has 0 aliphatic carbocycles. The van der Waals surface area contributed by atoms with Gasteiger partial charge in [0.15, 0.2) is 5.78 Å². The van der Waals surface area contributed by atoms with Crippen LogP contribution in [0.1, 0.15) is 31.8 Å².